The van der Waals surface area contributed by atoms with E-state index in [4.69, 9.17) is 4.74 Å². The van der Waals surface area contributed by atoms with Crippen LogP contribution in [0.15, 0.2) is 54.6 Å². The van der Waals surface area contributed by atoms with E-state index in [1.165, 1.54) is 4.90 Å². The van der Waals surface area contributed by atoms with Crippen LogP contribution in [0.4, 0.5) is 4.79 Å². The molecule has 0 aliphatic carbocycles. The predicted octanol–water partition coefficient (Wildman–Crippen LogP) is 2.90. The molecule has 7 heteroatoms. The number of nitrogens with one attached hydrogen (secondary N) is 1. The third-order valence-electron chi connectivity index (χ3n) is 5.39. The van der Waals surface area contributed by atoms with E-state index in [1.807, 2.05) is 61.5 Å². The Morgan fingerprint density at radius 2 is 1.77 bits per heavy atom. The Balaban J connectivity index is 1.77. The Labute approximate surface area is 176 Å². The van der Waals surface area contributed by atoms with Crippen LogP contribution in [0.25, 0.3) is 0 Å². The first-order valence-electron chi connectivity index (χ1n) is 9.98. The van der Waals surface area contributed by atoms with Gasteiger partial charge in [-0.3, -0.25) is 14.5 Å². The van der Waals surface area contributed by atoms with Gasteiger partial charge in [-0.2, -0.15) is 0 Å². The summed E-state index contributed by atoms with van der Waals surface area (Å²) in [7, 11) is 3.22. The molecule has 7 nitrogen and oxygen atoms in total. The second kappa shape index (κ2) is 8.98. The van der Waals surface area contributed by atoms with E-state index < -0.39 is 11.6 Å². The summed E-state index contributed by atoms with van der Waals surface area (Å²) in [5.74, 6) is -0.0393. The van der Waals surface area contributed by atoms with Gasteiger partial charge in [0.15, 0.2) is 0 Å². The summed E-state index contributed by atoms with van der Waals surface area (Å²) in [6, 6.07) is 16.1. The molecule has 1 fully saturated rings. The maximum absolute atomic E-state index is 13.3. The normalized spacial score (nSPS) is 18.3. The molecule has 1 aliphatic rings. The second-order valence-electron chi connectivity index (χ2n) is 7.40. The van der Waals surface area contributed by atoms with Crippen LogP contribution in [-0.4, -0.2) is 48.3 Å². The number of amides is 4. The number of carbonyl (C=O) groups excluding carboxylic acids is 3. The van der Waals surface area contributed by atoms with E-state index in [-0.39, 0.29) is 18.4 Å². The molecule has 3 rings (SSSR count). The van der Waals surface area contributed by atoms with Crippen molar-refractivity contribution in [2.24, 2.45) is 0 Å². The fourth-order valence-corrected chi connectivity index (χ4v) is 3.81. The molecule has 1 atom stereocenters. The molecule has 0 bridgehead atoms. The van der Waals surface area contributed by atoms with Gasteiger partial charge in [0.2, 0.25) is 5.91 Å². The minimum Gasteiger partial charge on any atom is -0.496 e. The number of imide groups is 1. The van der Waals surface area contributed by atoms with Crippen LogP contribution >= 0.6 is 0 Å². The molecule has 1 aliphatic heterocycles. The Morgan fingerprint density at radius 3 is 2.43 bits per heavy atom. The molecule has 2 aromatic carbocycles. The van der Waals surface area contributed by atoms with Crippen LogP contribution in [0.1, 0.15) is 30.9 Å². The van der Waals surface area contributed by atoms with Gasteiger partial charge in [0, 0.05) is 19.2 Å². The molecule has 158 valence electrons. The first-order chi connectivity index (χ1) is 14.4. The highest BCUT2D eigenvalue weighted by Gasteiger charge is 2.52. The summed E-state index contributed by atoms with van der Waals surface area (Å²) < 4.78 is 5.33. The number of ether oxygens (including phenoxy) is 1. The van der Waals surface area contributed by atoms with Gasteiger partial charge < -0.3 is 15.0 Å². The molecule has 2 aromatic rings. The maximum Gasteiger partial charge on any atom is 0.325 e. The zero-order valence-corrected chi connectivity index (χ0v) is 17.6. The summed E-state index contributed by atoms with van der Waals surface area (Å²) in [5.41, 5.74) is 0.439. The number of benzene rings is 2. The van der Waals surface area contributed by atoms with Crippen molar-refractivity contribution in [1.29, 1.82) is 0 Å². The number of carbonyl (C=O) groups is 3. The lowest BCUT2D eigenvalue weighted by atomic mass is 9.85. The molecule has 0 spiro atoms. The summed E-state index contributed by atoms with van der Waals surface area (Å²) in [5, 5.41) is 2.84. The number of rotatable bonds is 8. The number of nitrogens with zero attached hydrogens (tertiary/aromatic N) is 2. The van der Waals surface area contributed by atoms with Crippen molar-refractivity contribution in [1.82, 2.24) is 15.1 Å². The van der Waals surface area contributed by atoms with Crippen molar-refractivity contribution in [2.45, 2.75) is 31.8 Å². The van der Waals surface area contributed by atoms with Gasteiger partial charge in [-0.15, -0.1) is 0 Å². The average molecular weight is 409 g/mol. The fraction of sp³-hybridized carbons (Fsp3) is 0.348. The summed E-state index contributed by atoms with van der Waals surface area (Å²) in [6.07, 6.45) is 1.17. The number of hydrogen-bond donors (Lipinski definition) is 1. The quantitative estimate of drug-likeness (QED) is 0.680. The highest BCUT2D eigenvalue weighted by Crippen LogP contribution is 2.33. The lowest BCUT2D eigenvalue weighted by molar-refractivity contribution is -0.139. The van der Waals surface area contributed by atoms with E-state index in [9.17, 15) is 14.4 Å². The Morgan fingerprint density at radius 1 is 1.10 bits per heavy atom. The van der Waals surface area contributed by atoms with E-state index in [2.05, 4.69) is 5.32 Å². The molecule has 1 N–H and O–H groups in total. The van der Waals surface area contributed by atoms with Crippen molar-refractivity contribution in [3.05, 3.63) is 65.7 Å². The predicted molar refractivity (Wildman–Crippen MR) is 113 cm³/mol. The van der Waals surface area contributed by atoms with Gasteiger partial charge in [-0.05, 0) is 18.1 Å². The van der Waals surface area contributed by atoms with Gasteiger partial charge in [-0.25, -0.2) is 4.79 Å². The summed E-state index contributed by atoms with van der Waals surface area (Å²) >= 11 is 0. The van der Waals surface area contributed by atoms with Crippen LogP contribution < -0.4 is 10.1 Å². The van der Waals surface area contributed by atoms with E-state index in [0.717, 1.165) is 16.0 Å². The average Bonchev–Trinajstić information content (AvgIpc) is 3.00. The van der Waals surface area contributed by atoms with Crippen molar-refractivity contribution in [3.63, 3.8) is 0 Å². The van der Waals surface area contributed by atoms with E-state index >= 15 is 0 Å². The lowest BCUT2D eigenvalue weighted by Gasteiger charge is -2.27. The molecule has 0 aromatic heterocycles. The monoisotopic (exact) mass is 409 g/mol. The Hall–Kier alpha value is -3.35. The van der Waals surface area contributed by atoms with E-state index in [1.54, 1.807) is 14.2 Å². The van der Waals surface area contributed by atoms with E-state index in [0.29, 0.717) is 25.1 Å². The number of para-hydroxylation sites is 1. The molecule has 1 heterocycles. The first-order valence-corrected chi connectivity index (χ1v) is 9.98. The molecular weight excluding hydrogens is 382 g/mol. The van der Waals surface area contributed by atoms with Gasteiger partial charge in [0.05, 0.1) is 7.11 Å². The third-order valence-corrected chi connectivity index (χ3v) is 5.39. The van der Waals surface area contributed by atoms with Gasteiger partial charge in [0.1, 0.15) is 17.8 Å². The largest absolute Gasteiger partial charge is 0.496 e. The SMILES string of the molecule is CCC[C@]1(c2ccccc2)NC(=O)N(CC(=O)N(C)Cc2ccccc2OC)C1=O. The topological polar surface area (TPSA) is 79.0 Å². The van der Waals surface area contributed by atoms with Crippen molar-refractivity contribution in [2.75, 3.05) is 20.7 Å². The molecule has 0 radical (unpaired) electrons. The molecule has 30 heavy (non-hydrogen) atoms. The van der Waals surface area contributed by atoms with Gasteiger partial charge in [0.25, 0.3) is 5.91 Å². The first kappa shape index (κ1) is 21.4. The van der Waals surface area contributed by atoms with Crippen LogP contribution in [0.5, 0.6) is 5.75 Å². The summed E-state index contributed by atoms with van der Waals surface area (Å²) in [6.45, 7) is 1.96. The smallest absolute Gasteiger partial charge is 0.325 e. The van der Waals surface area contributed by atoms with Gasteiger partial charge in [-0.1, -0.05) is 61.9 Å². The molecule has 4 amide bonds. The number of hydrogen-bond acceptors (Lipinski definition) is 4. The molecule has 0 saturated carbocycles. The Kier molecular flexibility index (Phi) is 6.40. The number of methoxy groups -OCH3 is 1. The lowest BCUT2D eigenvalue weighted by Crippen LogP contribution is -2.45. The fourth-order valence-electron chi connectivity index (χ4n) is 3.81. The van der Waals surface area contributed by atoms with Crippen molar-refractivity contribution >= 4 is 17.8 Å². The van der Waals surface area contributed by atoms with Crippen LogP contribution in [0, 0.1) is 0 Å². The molecular formula is C23H27N3O4. The maximum atomic E-state index is 13.3. The minimum atomic E-state index is -1.13. The molecule has 1 saturated heterocycles. The second-order valence-corrected chi connectivity index (χ2v) is 7.40. The highest BCUT2D eigenvalue weighted by atomic mass is 16.5. The zero-order chi connectivity index (χ0) is 21.7. The number of likely N-dealkylation sites (N-methyl/N-ethyl adjacent to an activating group) is 1. The van der Waals surface area contributed by atoms with Crippen LogP contribution in [0.3, 0.4) is 0 Å². The Bertz CT molecular complexity index is 931. The summed E-state index contributed by atoms with van der Waals surface area (Å²) in [4.78, 5) is 41.3. The van der Waals surface area contributed by atoms with Crippen LogP contribution in [0.2, 0.25) is 0 Å². The van der Waals surface area contributed by atoms with Crippen molar-refractivity contribution < 1.29 is 19.1 Å². The van der Waals surface area contributed by atoms with Crippen molar-refractivity contribution in [3.8, 4) is 5.75 Å². The standard InChI is InChI=1S/C23H27N3O4/c1-4-14-23(18-11-6-5-7-12-18)21(28)26(22(29)24-23)16-20(27)25(2)15-17-10-8-9-13-19(17)30-3/h5-13H,4,14-16H2,1-3H3,(H,24,29)/t23-/m1/s1. The highest BCUT2D eigenvalue weighted by molar-refractivity contribution is 6.09. The molecule has 0 unspecified atom stereocenters. The zero-order valence-electron chi connectivity index (χ0n) is 17.6. The van der Waals surface area contributed by atoms with Crippen LogP contribution in [-0.2, 0) is 21.7 Å². The third kappa shape index (κ3) is 4.01. The number of urea groups is 1. The minimum absolute atomic E-state index is 0.311. The van der Waals surface area contributed by atoms with Gasteiger partial charge >= 0.3 is 6.03 Å².